The van der Waals surface area contributed by atoms with E-state index in [0.717, 1.165) is 68.0 Å². The first-order valence-electron chi connectivity index (χ1n) is 16.7. The highest BCUT2D eigenvalue weighted by molar-refractivity contribution is 6.10. The fourth-order valence-corrected chi connectivity index (χ4v) is 6.08. The van der Waals surface area contributed by atoms with Crippen molar-refractivity contribution in [2.75, 3.05) is 6.54 Å². The second-order valence-electron chi connectivity index (χ2n) is 11.6. The molecule has 2 heterocycles. The van der Waals surface area contributed by atoms with E-state index in [1.54, 1.807) is 0 Å². The van der Waals surface area contributed by atoms with Crippen molar-refractivity contribution >= 4 is 12.4 Å². The van der Waals surface area contributed by atoms with Crippen molar-refractivity contribution in [1.29, 1.82) is 0 Å². The van der Waals surface area contributed by atoms with Crippen LogP contribution in [0.1, 0.15) is 42.3 Å². The summed E-state index contributed by atoms with van der Waals surface area (Å²) in [4.78, 5) is 13.7. The Balaban J connectivity index is 0.00000205. The highest BCUT2D eigenvalue weighted by atomic mass is 15.2. The third-order valence-corrected chi connectivity index (χ3v) is 8.61. The van der Waals surface area contributed by atoms with Crippen LogP contribution in [0.4, 0.5) is 0 Å². The normalized spacial score (nSPS) is 12.8. The summed E-state index contributed by atoms with van der Waals surface area (Å²) in [5.41, 5.74) is 17.5. The molecule has 5 nitrogen and oxygen atoms in total. The molecule has 49 heavy (non-hydrogen) atoms. The minimum atomic E-state index is -1.02. The number of aromatic nitrogens is 1. The van der Waals surface area contributed by atoms with Gasteiger partial charge in [0, 0.05) is 11.8 Å². The third kappa shape index (κ3) is 7.39. The van der Waals surface area contributed by atoms with E-state index in [9.17, 15) is 0 Å². The molecule has 0 amide bonds. The van der Waals surface area contributed by atoms with Crippen molar-refractivity contribution in [3.05, 3.63) is 186 Å². The van der Waals surface area contributed by atoms with Gasteiger partial charge in [0.05, 0.1) is 18.0 Å². The average molecular weight is 640 g/mol. The van der Waals surface area contributed by atoms with Crippen molar-refractivity contribution in [3.63, 3.8) is 0 Å². The molecule has 1 aromatic heterocycles. The first-order valence-corrected chi connectivity index (χ1v) is 16.7. The summed E-state index contributed by atoms with van der Waals surface area (Å²) < 4.78 is 0. The second kappa shape index (κ2) is 15.4. The number of pyridine rings is 1. The van der Waals surface area contributed by atoms with Gasteiger partial charge in [0.1, 0.15) is 11.8 Å². The van der Waals surface area contributed by atoms with Gasteiger partial charge in [0.2, 0.25) is 0 Å². The number of nitrogens with one attached hydrogen (secondary N) is 1. The van der Waals surface area contributed by atoms with Crippen LogP contribution in [-0.2, 0) is 5.66 Å². The lowest BCUT2D eigenvalue weighted by molar-refractivity contribution is 0.361. The van der Waals surface area contributed by atoms with Gasteiger partial charge in [-0.2, -0.15) is 0 Å². The fraction of sp³-hybridized carbons (Fsp3) is 0.114. The molecule has 5 aromatic carbocycles. The van der Waals surface area contributed by atoms with Gasteiger partial charge in [-0.05, 0) is 87.6 Å². The monoisotopic (exact) mass is 639 g/mol. The number of rotatable bonds is 10. The molecule has 0 aliphatic carbocycles. The van der Waals surface area contributed by atoms with Crippen molar-refractivity contribution < 1.29 is 0 Å². The van der Waals surface area contributed by atoms with Crippen LogP contribution in [0.3, 0.4) is 0 Å². The zero-order valence-electron chi connectivity index (χ0n) is 28.0. The Labute approximate surface area is 289 Å². The number of nitrogens with two attached hydrogens (primary N) is 1. The van der Waals surface area contributed by atoms with Crippen molar-refractivity contribution in [2.45, 2.75) is 25.7 Å². The van der Waals surface area contributed by atoms with Crippen LogP contribution in [0.2, 0.25) is 0 Å². The van der Waals surface area contributed by atoms with Crippen molar-refractivity contribution in [2.24, 2.45) is 15.7 Å². The van der Waals surface area contributed by atoms with E-state index in [2.05, 4.69) is 106 Å². The van der Waals surface area contributed by atoms with E-state index in [-0.39, 0.29) is 0 Å². The fourth-order valence-electron chi connectivity index (χ4n) is 6.08. The highest BCUT2D eigenvalue weighted by Crippen LogP contribution is 2.35. The zero-order chi connectivity index (χ0) is 34.1. The van der Waals surface area contributed by atoms with Gasteiger partial charge in [-0.1, -0.05) is 135 Å². The van der Waals surface area contributed by atoms with E-state index in [1.165, 1.54) is 0 Å². The Bertz CT molecular complexity index is 1990. The molecule has 0 fully saturated rings. The molecule has 1 aliphatic heterocycles. The minimum absolute atomic E-state index is 0.510. The van der Waals surface area contributed by atoms with Crippen LogP contribution < -0.4 is 11.1 Å². The Morgan fingerprint density at radius 1 is 0.653 bits per heavy atom. The topological polar surface area (TPSA) is 75.7 Å². The molecule has 1 unspecified atom stereocenters. The molecule has 0 saturated carbocycles. The summed E-state index contributed by atoms with van der Waals surface area (Å²) in [6.45, 7) is 8.76. The molecule has 5 heteroatoms. The summed E-state index contributed by atoms with van der Waals surface area (Å²) in [6.07, 6.45) is 5.46. The average Bonchev–Trinajstić information content (AvgIpc) is 3.74. The van der Waals surface area contributed by atoms with Gasteiger partial charge < -0.3 is 5.73 Å². The molecule has 1 atom stereocenters. The predicted molar refractivity (Wildman–Crippen MR) is 206 cm³/mol. The highest BCUT2D eigenvalue weighted by Gasteiger charge is 2.32. The lowest BCUT2D eigenvalue weighted by atomic mass is 9.90. The standard InChI is InChI=1S/C42H35N5.C2H6/c1-44-41(47-42(43,37-11-4-2-5-12-37)38-13-6-3-7-14-38)36-28-34(30-17-21-32(22-18-30)39-15-8-9-25-45-39)27-35(29-36)31-19-23-33(24-20-31)40-16-10-26-46-40;1-2/h2-25,27-29,41,47H,1,26,43H2;1-2H3. The van der Waals surface area contributed by atoms with E-state index in [1.807, 2.05) is 98.9 Å². The summed E-state index contributed by atoms with van der Waals surface area (Å²) in [5, 5.41) is 3.68. The molecule has 242 valence electrons. The van der Waals surface area contributed by atoms with Crippen LogP contribution in [-0.4, -0.2) is 24.0 Å². The van der Waals surface area contributed by atoms with Crippen molar-refractivity contribution in [1.82, 2.24) is 10.3 Å². The van der Waals surface area contributed by atoms with E-state index < -0.39 is 11.8 Å². The maximum atomic E-state index is 7.28. The zero-order valence-corrected chi connectivity index (χ0v) is 28.0. The van der Waals surface area contributed by atoms with E-state index >= 15 is 0 Å². The predicted octanol–water partition coefficient (Wildman–Crippen LogP) is 9.62. The van der Waals surface area contributed by atoms with Crippen LogP contribution in [0.15, 0.2) is 174 Å². The Kier molecular flexibility index (Phi) is 10.4. The van der Waals surface area contributed by atoms with Gasteiger partial charge in [0.15, 0.2) is 0 Å². The molecule has 1 aliphatic rings. The summed E-state index contributed by atoms with van der Waals surface area (Å²) in [6, 6.07) is 49.8. The Morgan fingerprint density at radius 2 is 1.18 bits per heavy atom. The van der Waals surface area contributed by atoms with Crippen LogP contribution in [0, 0.1) is 0 Å². The number of hydrogen-bond donors (Lipinski definition) is 2. The van der Waals surface area contributed by atoms with Crippen LogP contribution in [0.25, 0.3) is 33.5 Å². The SMILES string of the molecule is C=NC(NC(N)(c1ccccc1)c1ccccc1)c1cc(-c2ccc(C3=NCC=C3)cc2)cc(-c2ccc(-c3ccccn3)cc2)c1.CC. The number of benzene rings is 5. The van der Waals surface area contributed by atoms with Gasteiger partial charge in [0.25, 0.3) is 0 Å². The number of nitrogens with zero attached hydrogens (tertiary/aromatic N) is 3. The molecule has 0 saturated heterocycles. The quantitative estimate of drug-likeness (QED) is 0.116. The Hall–Kier alpha value is -5.75. The van der Waals surface area contributed by atoms with Crippen LogP contribution >= 0.6 is 0 Å². The summed E-state index contributed by atoms with van der Waals surface area (Å²) in [7, 11) is 0. The molecular formula is C44H41N5. The largest absolute Gasteiger partial charge is 0.306 e. The molecule has 6 aromatic rings. The number of allylic oxidation sites excluding steroid dienone is 1. The van der Waals surface area contributed by atoms with Gasteiger partial charge in [-0.15, -0.1) is 0 Å². The summed E-state index contributed by atoms with van der Waals surface area (Å²) in [5.74, 6) is 0. The maximum Gasteiger partial charge on any atom is 0.126 e. The molecular weight excluding hydrogens is 599 g/mol. The number of aliphatic imine (C=N–C) groups is 2. The summed E-state index contributed by atoms with van der Waals surface area (Å²) >= 11 is 0. The molecule has 0 bridgehead atoms. The first kappa shape index (κ1) is 33.2. The second-order valence-corrected chi connectivity index (χ2v) is 11.6. The first-order chi connectivity index (χ1) is 24.1. The smallest absolute Gasteiger partial charge is 0.126 e. The van der Waals surface area contributed by atoms with Crippen molar-refractivity contribution in [3.8, 4) is 33.5 Å². The number of hydrogen-bond acceptors (Lipinski definition) is 5. The molecule has 0 spiro atoms. The maximum absolute atomic E-state index is 7.28. The van der Waals surface area contributed by atoms with Crippen LogP contribution in [0.5, 0.6) is 0 Å². The lowest BCUT2D eigenvalue weighted by Gasteiger charge is -2.35. The lowest BCUT2D eigenvalue weighted by Crippen LogP contribution is -2.52. The Morgan fingerprint density at radius 3 is 1.67 bits per heavy atom. The van der Waals surface area contributed by atoms with E-state index in [4.69, 9.17) is 5.73 Å². The third-order valence-electron chi connectivity index (χ3n) is 8.61. The molecule has 7 rings (SSSR count). The molecule has 0 radical (unpaired) electrons. The van der Waals surface area contributed by atoms with Gasteiger partial charge in [-0.25, -0.2) is 0 Å². The molecule has 3 N–H and O–H groups in total. The minimum Gasteiger partial charge on any atom is -0.306 e. The van der Waals surface area contributed by atoms with Gasteiger partial charge in [-0.3, -0.25) is 20.3 Å². The van der Waals surface area contributed by atoms with E-state index in [0.29, 0.717) is 0 Å². The van der Waals surface area contributed by atoms with Gasteiger partial charge >= 0.3 is 0 Å².